The first-order chi connectivity index (χ1) is 9.33. The van der Waals surface area contributed by atoms with E-state index in [9.17, 15) is 22.0 Å². The number of ketones is 1. The Balaban J connectivity index is 2.23. The Hall–Kier alpha value is -1.34. The summed E-state index contributed by atoms with van der Waals surface area (Å²) in [7, 11) is -3.80. The van der Waals surface area contributed by atoms with Crippen LogP contribution in [0.25, 0.3) is 0 Å². The van der Waals surface area contributed by atoms with E-state index < -0.39 is 49.9 Å². The normalized spacial score (nSPS) is 22.9. The molecule has 1 aromatic carbocycles. The Kier molecular flexibility index (Phi) is 4.19. The minimum Gasteiger partial charge on any atom is -0.377 e. The highest BCUT2D eigenvalue weighted by Gasteiger charge is 2.37. The molecule has 0 bridgehead atoms. The summed E-state index contributed by atoms with van der Waals surface area (Å²) in [6.07, 6.45) is -0.227. The second kappa shape index (κ2) is 5.57. The molecule has 1 heterocycles. The van der Waals surface area contributed by atoms with Crippen molar-refractivity contribution in [1.29, 1.82) is 0 Å². The zero-order chi connectivity index (χ0) is 14.9. The monoisotopic (exact) mass is 304 g/mol. The lowest BCUT2D eigenvalue weighted by Crippen LogP contribution is -2.33. The third-order valence-electron chi connectivity index (χ3n) is 3.34. The molecule has 2 atom stereocenters. The van der Waals surface area contributed by atoms with Crippen LogP contribution in [0.4, 0.5) is 8.78 Å². The predicted molar refractivity (Wildman–Crippen MR) is 68.3 cm³/mol. The molecule has 0 N–H and O–H groups in total. The number of hydrogen-bond donors (Lipinski definition) is 0. The number of sulfone groups is 1. The number of Topliss-reactive ketones (excluding diaryl/α,β-unsaturated/α-hetero) is 1. The third-order valence-corrected chi connectivity index (χ3v) is 5.55. The summed E-state index contributed by atoms with van der Waals surface area (Å²) in [6.45, 7) is 1.90. The minimum absolute atomic E-state index is 0.288. The SMILES string of the molecule is CC1OCCC1S(=O)(=O)CC(=O)c1c(F)cccc1F. The molecule has 110 valence electrons. The molecule has 1 saturated heterocycles. The van der Waals surface area contributed by atoms with Gasteiger partial charge in [-0.3, -0.25) is 4.79 Å². The maximum atomic E-state index is 13.4. The zero-order valence-electron chi connectivity index (χ0n) is 10.8. The van der Waals surface area contributed by atoms with Gasteiger partial charge in [-0.1, -0.05) is 6.07 Å². The maximum absolute atomic E-state index is 13.4. The van der Waals surface area contributed by atoms with Gasteiger partial charge in [0.05, 0.1) is 16.9 Å². The van der Waals surface area contributed by atoms with Gasteiger partial charge in [-0.25, -0.2) is 17.2 Å². The Bertz CT molecular complexity index is 607. The molecule has 1 aliphatic rings. The molecule has 0 aliphatic carbocycles. The van der Waals surface area contributed by atoms with Gasteiger partial charge < -0.3 is 4.74 Å². The average molecular weight is 304 g/mol. The first-order valence-corrected chi connectivity index (χ1v) is 7.85. The molecule has 7 heteroatoms. The number of halogens is 2. The van der Waals surface area contributed by atoms with Crippen LogP contribution in [0.3, 0.4) is 0 Å². The largest absolute Gasteiger partial charge is 0.377 e. The first-order valence-electron chi connectivity index (χ1n) is 6.13. The highest BCUT2D eigenvalue weighted by molar-refractivity contribution is 7.92. The van der Waals surface area contributed by atoms with Gasteiger partial charge in [-0.05, 0) is 25.5 Å². The number of benzene rings is 1. The van der Waals surface area contributed by atoms with Crippen molar-refractivity contribution in [1.82, 2.24) is 0 Å². The number of hydrogen-bond acceptors (Lipinski definition) is 4. The molecule has 0 amide bonds. The lowest BCUT2D eigenvalue weighted by Gasteiger charge is -2.14. The molecular weight excluding hydrogens is 290 g/mol. The van der Waals surface area contributed by atoms with Gasteiger partial charge in [-0.2, -0.15) is 0 Å². The number of carbonyl (C=O) groups excluding carboxylic acids is 1. The molecule has 2 rings (SSSR count). The minimum atomic E-state index is -3.80. The second-order valence-corrected chi connectivity index (χ2v) is 6.95. The molecule has 1 fully saturated rings. The smallest absolute Gasteiger partial charge is 0.183 e. The van der Waals surface area contributed by atoms with Crippen molar-refractivity contribution < 1.29 is 26.7 Å². The van der Waals surface area contributed by atoms with Crippen molar-refractivity contribution in [2.45, 2.75) is 24.7 Å². The summed E-state index contributed by atoms with van der Waals surface area (Å²) in [6, 6.07) is 2.96. The Labute approximate surface area is 115 Å². The van der Waals surface area contributed by atoms with E-state index in [1.54, 1.807) is 6.92 Å². The van der Waals surface area contributed by atoms with Crippen LogP contribution in [0.1, 0.15) is 23.7 Å². The van der Waals surface area contributed by atoms with E-state index in [2.05, 4.69) is 0 Å². The van der Waals surface area contributed by atoms with Gasteiger partial charge in [0.15, 0.2) is 15.6 Å². The first kappa shape index (κ1) is 15.1. The average Bonchev–Trinajstić information content (AvgIpc) is 2.75. The van der Waals surface area contributed by atoms with Crippen LogP contribution in [0, 0.1) is 11.6 Å². The predicted octanol–water partition coefficient (Wildman–Crippen LogP) is 1.74. The third kappa shape index (κ3) is 2.88. The van der Waals surface area contributed by atoms with Crippen LogP contribution in [0.2, 0.25) is 0 Å². The fraction of sp³-hybridized carbons (Fsp3) is 0.462. The topological polar surface area (TPSA) is 60.4 Å². The molecule has 1 aromatic rings. The molecule has 0 spiro atoms. The Morgan fingerprint density at radius 3 is 2.45 bits per heavy atom. The van der Waals surface area contributed by atoms with E-state index in [-0.39, 0.29) is 6.42 Å². The van der Waals surface area contributed by atoms with Gasteiger partial charge in [0.1, 0.15) is 17.4 Å². The summed E-state index contributed by atoms with van der Waals surface area (Å²) in [4.78, 5) is 11.9. The zero-order valence-corrected chi connectivity index (χ0v) is 11.6. The van der Waals surface area contributed by atoms with Crippen LogP contribution >= 0.6 is 0 Å². The molecule has 4 nitrogen and oxygen atoms in total. The van der Waals surface area contributed by atoms with Gasteiger partial charge in [0, 0.05) is 6.61 Å². The van der Waals surface area contributed by atoms with Crippen LogP contribution in [0.15, 0.2) is 18.2 Å². The van der Waals surface area contributed by atoms with Crippen LogP contribution in [0.5, 0.6) is 0 Å². The molecule has 0 radical (unpaired) electrons. The highest BCUT2D eigenvalue weighted by atomic mass is 32.2. The van der Waals surface area contributed by atoms with E-state index in [0.29, 0.717) is 6.61 Å². The van der Waals surface area contributed by atoms with Gasteiger partial charge in [0.25, 0.3) is 0 Å². The van der Waals surface area contributed by atoms with Crippen molar-refractivity contribution in [3.05, 3.63) is 35.4 Å². The van der Waals surface area contributed by atoms with Crippen molar-refractivity contribution in [3.63, 3.8) is 0 Å². The van der Waals surface area contributed by atoms with Gasteiger partial charge in [0.2, 0.25) is 0 Å². The molecule has 20 heavy (non-hydrogen) atoms. The molecule has 0 aromatic heterocycles. The van der Waals surface area contributed by atoms with E-state index in [0.717, 1.165) is 18.2 Å². The molecule has 2 unspecified atom stereocenters. The van der Waals surface area contributed by atoms with Gasteiger partial charge in [-0.15, -0.1) is 0 Å². The van der Waals surface area contributed by atoms with Crippen molar-refractivity contribution in [3.8, 4) is 0 Å². The molecular formula is C13H14F2O4S. The Morgan fingerprint density at radius 2 is 1.95 bits per heavy atom. The second-order valence-electron chi connectivity index (χ2n) is 4.73. The lowest BCUT2D eigenvalue weighted by molar-refractivity contribution is 0.101. The summed E-state index contributed by atoms with van der Waals surface area (Å²) < 4.78 is 56.3. The van der Waals surface area contributed by atoms with Crippen LogP contribution < -0.4 is 0 Å². The number of rotatable bonds is 4. The highest BCUT2D eigenvalue weighted by Crippen LogP contribution is 2.23. The summed E-state index contributed by atoms with van der Waals surface area (Å²) >= 11 is 0. The van der Waals surface area contributed by atoms with Crippen molar-refractivity contribution in [2.75, 3.05) is 12.4 Å². The van der Waals surface area contributed by atoms with E-state index >= 15 is 0 Å². The fourth-order valence-corrected chi connectivity index (χ4v) is 4.15. The fourth-order valence-electron chi connectivity index (χ4n) is 2.31. The lowest BCUT2D eigenvalue weighted by atomic mass is 10.1. The van der Waals surface area contributed by atoms with Crippen molar-refractivity contribution in [2.24, 2.45) is 0 Å². The van der Waals surface area contributed by atoms with Crippen molar-refractivity contribution >= 4 is 15.6 Å². The standard InChI is InChI=1S/C13H14F2O4S/c1-8-12(5-6-19-8)20(17,18)7-11(16)13-9(14)3-2-4-10(13)15/h2-4,8,12H,5-7H2,1H3. The molecule has 1 aliphatic heterocycles. The summed E-state index contributed by atoms with van der Waals surface area (Å²) in [5, 5.41) is -0.804. The molecule has 0 saturated carbocycles. The van der Waals surface area contributed by atoms with Gasteiger partial charge >= 0.3 is 0 Å². The van der Waals surface area contributed by atoms with E-state index in [1.165, 1.54) is 0 Å². The maximum Gasteiger partial charge on any atom is 0.183 e. The van der Waals surface area contributed by atoms with E-state index in [1.807, 2.05) is 0 Å². The van der Waals surface area contributed by atoms with Crippen LogP contribution in [-0.4, -0.2) is 37.9 Å². The Morgan fingerprint density at radius 1 is 1.35 bits per heavy atom. The van der Waals surface area contributed by atoms with E-state index in [4.69, 9.17) is 4.74 Å². The van der Waals surface area contributed by atoms with Crippen LogP contribution in [-0.2, 0) is 14.6 Å². The summed E-state index contributed by atoms with van der Waals surface area (Å²) in [5.74, 6) is -4.09. The number of carbonyl (C=O) groups is 1. The number of ether oxygens (including phenoxy) is 1. The summed E-state index contributed by atoms with van der Waals surface area (Å²) in [5.41, 5.74) is -0.803. The quantitative estimate of drug-likeness (QED) is 0.795.